The third-order valence-corrected chi connectivity index (χ3v) is 3.01. The summed E-state index contributed by atoms with van der Waals surface area (Å²) in [5, 5.41) is 0. The van der Waals surface area contributed by atoms with Crippen LogP contribution in [0.1, 0.15) is 48.9 Å². The standard InChI is InChI=1S/C15H22/c1-6-7-11(2)8-15-9-12(3)14(5)13(4)10-15/h8-10H,6-7H2,1-5H3/b11-8+. The summed E-state index contributed by atoms with van der Waals surface area (Å²) in [5.41, 5.74) is 7.03. The molecule has 1 rings (SSSR count). The molecule has 0 aliphatic carbocycles. The second-order valence-electron chi connectivity index (χ2n) is 4.52. The number of hydrogen-bond acceptors (Lipinski definition) is 0. The molecule has 0 spiro atoms. The molecule has 0 radical (unpaired) electrons. The van der Waals surface area contributed by atoms with Crippen molar-refractivity contribution in [1.82, 2.24) is 0 Å². The van der Waals surface area contributed by atoms with Gasteiger partial charge >= 0.3 is 0 Å². The van der Waals surface area contributed by atoms with Crippen molar-refractivity contribution < 1.29 is 0 Å². The van der Waals surface area contributed by atoms with Crippen LogP contribution in [0.3, 0.4) is 0 Å². The molecule has 82 valence electrons. The molecule has 0 saturated heterocycles. The van der Waals surface area contributed by atoms with Gasteiger partial charge in [-0.05, 0) is 56.4 Å². The van der Waals surface area contributed by atoms with Crippen molar-refractivity contribution in [2.45, 2.75) is 47.5 Å². The highest BCUT2D eigenvalue weighted by molar-refractivity contribution is 5.56. The maximum Gasteiger partial charge on any atom is -0.0252 e. The van der Waals surface area contributed by atoms with Gasteiger partial charge < -0.3 is 0 Å². The Morgan fingerprint density at radius 1 is 1.13 bits per heavy atom. The average molecular weight is 202 g/mol. The van der Waals surface area contributed by atoms with Gasteiger partial charge in [0.15, 0.2) is 0 Å². The van der Waals surface area contributed by atoms with Crippen molar-refractivity contribution in [1.29, 1.82) is 0 Å². The Morgan fingerprint density at radius 3 is 2.13 bits per heavy atom. The molecule has 0 N–H and O–H groups in total. The maximum atomic E-state index is 2.31. The van der Waals surface area contributed by atoms with E-state index < -0.39 is 0 Å². The van der Waals surface area contributed by atoms with Crippen molar-refractivity contribution >= 4 is 6.08 Å². The largest absolute Gasteiger partial charge is 0.0727 e. The Labute approximate surface area is 94.0 Å². The van der Waals surface area contributed by atoms with Crippen molar-refractivity contribution in [2.75, 3.05) is 0 Å². The van der Waals surface area contributed by atoms with Gasteiger partial charge in [0, 0.05) is 0 Å². The van der Waals surface area contributed by atoms with Crippen LogP contribution in [0.5, 0.6) is 0 Å². The molecule has 0 unspecified atom stereocenters. The van der Waals surface area contributed by atoms with E-state index in [9.17, 15) is 0 Å². The molecule has 0 aromatic heterocycles. The van der Waals surface area contributed by atoms with E-state index in [2.05, 4.69) is 52.8 Å². The summed E-state index contributed by atoms with van der Waals surface area (Å²) in [7, 11) is 0. The lowest BCUT2D eigenvalue weighted by Crippen LogP contribution is -1.88. The van der Waals surface area contributed by atoms with E-state index in [1.807, 2.05) is 0 Å². The highest BCUT2D eigenvalue weighted by atomic mass is 14.0. The number of aryl methyl sites for hydroxylation is 2. The molecule has 0 aliphatic heterocycles. The van der Waals surface area contributed by atoms with Gasteiger partial charge in [-0.3, -0.25) is 0 Å². The van der Waals surface area contributed by atoms with Crippen molar-refractivity contribution in [3.63, 3.8) is 0 Å². The molecule has 0 bridgehead atoms. The highest BCUT2D eigenvalue weighted by Gasteiger charge is 1.99. The van der Waals surface area contributed by atoms with Gasteiger partial charge in [0.05, 0.1) is 0 Å². The number of rotatable bonds is 3. The molecule has 1 aromatic rings. The number of allylic oxidation sites excluding steroid dienone is 1. The number of hydrogen-bond donors (Lipinski definition) is 0. The van der Waals surface area contributed by atoms with Crippen LogP contribution in [0.25, 0.3) is 6.08 Å². The van der Waals surface area contributed by atoms with Gasteiger partial charge in [-0.2, -0.15) is 0 Å². The van der Waals surface area contributed by atoms with Gasteiger partial charge in [0.2, 0.25) is 0 Å². The Balaban J connectivity index is 3.02. The zero-order valence-electron chi connectivity index (χ0n) is 10.6. The van der Waals surface area contributed by atoms with E-state index in [0.29, 0.717) is 0 Å². The summed E-state index contributed by atoms with van der Waals surface area (Å²) in [6.07, 6.45) is 4.74. The van der Waals surface area contributed by atoms with E-state index in [0.717, 1.165) is 0 Å². The first kappa shape index (κ1) is 12.0. The fourth-order valence-corrected chi connectivity index (χ4v) is 1.90. The Hall–Kier alpha value is -1.04. The predicted octanol–water partition coefficient (Wildman–Crippen LogP) is 4.82. The molecule has 0 heteroatoms. The molecule has 0 nitrogen and oxygen atoms in total. The Bertz CT molecular complexity index is 347. The number of benzene rings is 1. The van der Waals surface area contributed by atoms with Crippen LogP contribution in [0.4, 0.5) is 0 Å². The zero-order valence-corrected chi connectivity index (χ0v) is 10.6. The van der Waals surface area contributed by atoms with E-state index in [-0.39, 0.29) is 0 Å². The van der Waals surface area contributed by atoms with Crippen LogP contribution >= 0.6 is 0 Å². The quantitative estimate of drug-likeness (QED) is 0.659. The van der Waals surface area contributed by atoms with Crippen LogP contribution in [-0.2, 0) is 0 Å². The highest BCUT2D eigenvalue weighted by Crippen LogP contribution is 2.18. The molecule has 0 atom stereocenters. The van der Waals surface area contributed by atoms with Crippen molar-refractivity contribution in [2.24, 2.45) is 0 Å². The molecule has 0 heterocycles. The Kier molecular flexibility index (Phi) is 4.14. The van der Waals surface area contributed by atoms with Gasteiger partial charge in [-0.25, -0.2) is 0 Å². The maximum absolute atomic E-state index is 2.31. The van der Waals surface area contributed by atoms with E-state index >= 15 is 0 Å². The van der Waals surface area contributed by atoms with Gasteiger partial charge in [-0.1, -0.05) is 37.1 Å². The van der Waals surface area contributed by atoms with Gasteiger partial charge in [-0.15, -0.1) is 0 Å². The first-order valence-electron chi connectivity index (χ1n) is 5.79. The monoisotopic (exact) mass is 202 g/mol. The molecule has 15 heavy (non-hydrogen) atoms. The van der Waals surface area contributed by atoms with E-state index in [1.165, 1.54) is 40.7 Å². The second-order valence-corrected chi connectivity index (χ2v) is 4.52. The molecule has 0 amide bonds. The van der Waals surface area contributed by atoms with Gasteiger partial charge in [0.1, 0.15) is 0 Å². The molecule has 1 aromatic carbocycles. The first-order valence-corrected chi connectivity index (χ1v) is 5.79. The topological polar surface area (TPSA) is 0 Å². The molecule has 0 saturated carbocycles. The van der Waals surface area contributed by atoms with E-state index in [1.54, 1.807) is 0 Å². The fraction of sp³-hybridized carbons (Fsp3) is 0.467. The third kappa shape index (κ3) is 3.23. The smallest absolute Gasteiger partial charge is 0.0252 e. The van der Waals surface area contributed by atoms with Crippen molar-refractivity contribution in [3.8, 4) is 0 Å². The lowest BCUT2D eigenvalue weighted by Gasteiger charge is -2.07. The van der Waals surface area contributed by atoms with Crippen molar-refractivity contribution in [3.05, 3.63) is 40.0 Å². The molecule has 0 aliphatic rings. The summed E-state index contributed by atoms with van der Waals surface area (Å²) in [6, 6.07) is 4.56. The zero-order chi connectivity index (χ0) is 11.4. The minimum Gasteiger partial charge on any atom is -0.0727 e. The van der Waals surface area contributed by atoms with Crippen LogP contribution in [0, 0.1) is 20.8 Å². The lowest BCUT2D eigenvalue weighted by atomic mass is 9.99. The second kappa shape index (κ2) is 5.16. The summed E-state index contributed by atoms with van der Waals surface area (Å²) in [5.74, 6) is 0. The summed E-state index contributed by atoms with van der Waals surface area (Å²) >= 11 is 0. The summed E-state index contributed by atoms with van der Waals surface area (Å²) < 4.78 is 0. The SMILES string of the molecule is CCC/C(C)=C/c1cc(C)c(C)c(C)c1. The predicted molar refractivity (Wildman–Crippen MR) is 69.2 cm³/mol. The first-order chi connectivity index (χ1) is 7.04. The van der Waals surface area contributed by atoms with Gasteiger partial charge in [0.25, 0.3) is 0 Å². The summed E-state index contributed by atoms with van der Waals surface area (Å²) in [6.45, 7) is 11.0. The minimum absolute atomic E-state index is 1.20. The molecular formula is C15H22. The average Bonchev–Trinajstić information content (AvgIpc) is 2.14. The minimum atomic E-state index is 1.20. The normalized spacial score (nSPS) is 11.9. The Morgan fingerprint density at radius 2 is 1.67 bits per heavy atom. The van der Waals surface area contributed by atoms with Crippen LogP contribution in [0.15, 0.2) is 17.7 Å². The van der Waals surface area contributed by atoms with Crippen LogP contribution in [0.2, 0.25) is 0 Å². The molecular weight excluding hydrogens is 180 g/mol. The lowest BCUT2D eigenvalue weighted by molar-refractivity contribution is 0.911. The third-order valence-electron chi connectivity index (χ3n) is 3.01. The molecule has 0 fully saturated rings. The fourth-order valence-electron chi connectivity index (χ4n) is 1.90. The van der Waals surface area contributed by atoms with Crippen LogP contribution < -0.4 is 0 Å². The summed E-state index contributed by atoms with van der Waals surface area (Å²) in [4.78, 5) is 0. The van der Waals surface area contributed by atoms with Crippen LogP contribution in [-0.4, -0.2) is 0 Å². The van der Waals surface area contributed by atoms with E-state index in [4.69, 9.17) is 0 Å².